The number of carbonyl (C=O) groups is 2. The van der Waals surface area contributed by atoms with Crippen molar-refractivity contribution in [2.24, 2.45) is 5.41 Å². The van der Waals surface area contributed by atoms with Gasteiger partial charge in [0.25, 0.3) is 5.56 Å². The van der Waals surface area contributed by atoms with Gasteiger partial charge >= 0.3 is 12.1 Å². The summed E-state index contributed by atoms with van der Waals surface area (Å²) in [6.07, 6.45) is -0.0434. The minimum absolute atomic E-state index is 0.148. The highest BCUT2D eigenvalue weighted by Gasteiger charge is 2.35. The maximum Gasteiger partial charge on any atom is 0.407 e. The van der Waals surface area contributed by atoms with Gasteiger partial charge in [0.2, 0.25) is 0 Å². The van der Waals surface area contributed by atoms with Crippen LogP contribution in [0.5, 0.6) is 0 Å². The van der Waals surface area contributed by atoms with E-state index >= 15 is 0 Å². The number of carbonyl (C=O) groups excluding carboxylic acids is 1. The second kappa shape index (κ2) is 12.3. The number of aromatic nitrogens is 1. The van der Waals surface area contributed by atoms with Crippen LogP contribution in [0.15, 0.2) is 77.6 Å². The molecule has 8 heteroatoms. The van der Waals surface area contributed by atoms with E-state index in [4.69, 9.17) is 4.74 Å². The van der Waals surface area contributed by atoms with Crippen molar-refractivity contribution in [3.05, 3.63) is 100.0 Å². The minimum atomic E-state index is -1.07. The zero-order chi connectivity index (χ0) is 27.0. The molecule has 37 heavy (non-hydrogen) atoms. The van der Waals surface area contributed by atoms with Gasteiger partial charge in [-0.3, -0.25) is 9.36 Å². The zero-order valence-corrected chi connectivity index (χ0v) is 21.7. The van der Waals surface area contributed by atoms with Crippen molar-refractivity contribution >= 4 is 17.7 Å². The Morgan fingerprint density at radius 3 is 2.11 bits per heavy atom. The number of carboxylic acid groups (broad SMARTS) is 1. The highest BCUT2D eigenvalue weighted by atomic mass is 16.5. The Kier molecular flexibility index (Phi) is 9.11. The summed E-state index contributed by atoms with van der Waals surface area (Å²) in [6, 6.07) is 21.1. The first-order valence-corrected chi connectivity index (χ1v) is 12.3. The lowest BCUT2D eigenvalue weighted by molar-refractivity contribution is -0.144. The summed E-state index contributed by atoms with van der Waals surface area (Å²) >= 11 is 0. The molecule has 0 saturated heterocycles. The average Bonchev–Trinajstić information content (AvgIpc) is 2.85. The van der Waals surface area contributed by atoms with Gasteiger partial charge in [0.05, 0.1) is 0 Å². The third-order valence-electron chi connectivity index (χ3n) is 6.02. The lowest BCUT2D eigenvalue weighted by Gasteiger charge is -2.31. The highest BCUT2D eigenvalue weighted by molar-refractivity contribution is 5.73. The van der Waals surface area contributed by atoms with Crippen LogP contribution in [0.25, 0.3) is 0 Å². The van der Waals surface area contributed by atoms with Crippen LogP contribution in [0.3, 0.4) is 0 Å². The van der Waals surface area contributed by atoms with Crippen LogP contribution >= 0.6 is 0 Å². The number of hydrogen-bond donors (Lipinski definition) is 3. The van der Waals surface area contributed by atoms with E-state index in [0.717, 1.165) is 11.1 Å². The van der Waals surface area contributed by atoms with Gasteiger partial charge in [-0.15, -0.1) is 0 Å². The molecule has 1 amide bonds. The highest BCUT2D eigenvalue weighted by Crippen LogP contribution is 2.31. The first-order valence-electron chi connectivity index (χ1n) is 12.3. The fourth-order valence-corrected chi connectivity index (χ4v) is 4.22. The van der Waals surface area contributed by atoms with Crippen LogP contribution in [0.4, 0.5) is 10.5 Å². The van der Waals surface area contributed by atoms with Crippen LogP contribution in [-0.4, -0.2) is 34.3 Å². The Balaban J connectivity index is 1.81. The standard InChI is InChI=1S/C29H35N3O5/c1-20-15-16-24(26(33)32(20)25(27(34)35)29(2,3)4)31-23(17-21-11-7-5-8-12-21)18-30-28(36)37-19-22-13-9-6-10-14-22/h5-16,23,25,31H,17-19H2,1-4H3,(H,30,36)(H,34,35)/t23-,25-/m0/s1. The summed E-state index contributed by atoms with van der Waals surface area (Å²) in [6.45, 7) is 7.44. The SMILES string of the molecule is Cc1ccc(N[C@H](CNC(=O)OCc2ccccc2)Cc2ccccc2)c(=O)n1[C@@H](C(=O)O)C(C)(C)C. The van der Waals surface area contributed by atoms with Gasteiger partial charge in [-0.05, 0) is 42.0 Å². The Morgan fingerprint density at radius 1 is 0.946 bits per heavy atom. The van der Waals surface area contributed by atoms with Gasteiger partial charge in [0.1, 0.15) is 18.3 Å². The van der Waals surface area contributed by atoms with Gasteiger partial charge in [-0.1, -0.05) is 81.4 Å². The van der Waals surface area contributed by atoms with Crippen LogP contribution in [0, 0.1) is 12.3 Å². The molecular weight excluding hydrogens is 470 g/mol. The van der Waals surface area contributed by atoms with E-state index in [1.54, 1.807) is 39.8 Å². The molecule has 196 valence electrons. The van der Waals surface area contributed by atoms with Crippen LogP contribution in [0.1, 0.15) is 43.6 Å². The third kappa shape index (κ3) is 7.70. The maximum absolute atomic E-state index is 13.5. The van der Waals surface area contributed by atoms with Crippen molar-refractivity contribution in [2.45, 2.75) is 52.8 Å². The van der Waals surface area contributed by atoms with E-state index in [0.29, 0.717) is 12.1 Å². The molecule has 1 aromatic heterocycles. The molecule has 3 N–H and O–H groups in total. The summed E-state index contributed by atoms with van der Waals surface area (Å²) < 4.78 is 6.65. The number of aliphatic carboxylic acids is 1. The Bertz CT molecular complexity index is 1250. The first-order chi connectivity index (χ1) is 17.6. The number of amides is 1. The normalized spacial score (nSPS) is 12.9. The molecule has 3 aromatic rings. The monoisotopic (exact) mass is 505 g/mol. The number of anilines is 1. The van der Waals surface area contributed by atoms with E-state index in [9.17, 15) is 19.5 Å². The number of benzene rings is 2. The Hall–Kier alpha value is -4.07. The summed E-state index contributed by atoms with van der Waals surface area (Å²) in [5, 5.41) is 15.9. The summed E-state index contributed by atoms with van der Waals surface area (Å²) in [5.41, 5.74) is 1.61. The van der Waals surface area contributed by atoms with Crippen LogP contribution in [-0.2, 0) is 22.6 Å². The molecule has 0 aliphatic heterocycles. The van der Waals surface area contributed by atoms with Gasteiger partial charge in [-0.25, -0.2) is 9.59 Å². The summed E-state index contributed by atoms with van der Waals surface area (Å²) in [4.78, 5) is 38.0. The molecule has 0 bridgehead atoms. The van der Waals surface area contributed by atoms with Crippen molar-refractivity contribution in [1.82, 2.24) is 9.88 Å². The number of pyridine rings is 1. The van der Waals surface area contributed by atoms with Crippen LogP contribution < -0.4 is 16.2 Å². The second-order valence-corrected chi connectivity index (χ2v) is 10.1. The van der Waals surface area contributed by atoms with Crippen molar-refractivity contribution in [3.8, 4) is 0 Å². The molecule has 1 heterocycles. The zero-order valence-electron chi connectivity index (χ0n) is 21.7. The molecule has 0 radical (unpaired) electrons. The minimum Gasteiger partial charge on any atom is -0.480 e. The van der Waals surface area contributed by atoms with Gasteiger partial charge in [0, 0.05) is 18.3 Å². The lowest BCUT2D eigenvalue weighted by Crippen LogP contribution is -2.42. The molecule has 0 saturated carbocycles. The molecule has 0 spiro atoms. The van der Waals surface area contributed by atoms with Crippen molar-refractivity contribution in [3.63, 3.8) is 0 Å². The Morgan fingerprint density at radius 2 is 1.54 bits per heavy atom. The number of alkyl carbamates (subject to hydrolysis) is 1. The fraction of sp³-hybridized carbons (Fsp3) is 0.345. The van der Waals surface area contributed by atoms with Gasteiger partial charge < -0.3 is 20.5 Å². The predicted octanol–water partition coefficient (Wildman–Crippen LogP) is 4.78. The number of carboxylic acids is 1. The molecule has 0 aliphatic carbocycles. The molecular formula is C29H35N3O5. The molecule has 8 nitrogen and oxygen atoms in total. The van der Waals surface area contributed by atoms with E-state index in [2.05, 4.69) is 10.6 Å². The molecule has 0 fully saturated rings. The summed E-state index contributed by atoms with van der Waals surface area (Å²) in [5.74, 6) is -1.07. The molecule has 0 aliphatic rings. The van der Waals surface area contributed by atoms with Crippen molar-refractivity contribution in [2.75, 3.05) is 11.9 Å². The van der Waals surface area contributed by atoms with Crippen molar-refractivity contribution < 1.29 is 19.4 Å². The van der Waals surface area contributed by atoms with Crippen molar-refractivity contribution in [1.29, 1.82) is 0 Å². The predicted molar refractivity (Wildman–Crippen MR) is 144 cm³/mol. The quantitative estimate of drug-likeness (QED) is 0.366. The average molecular weight is 506 g/mol. The van der Waals surface area contributed by atoms with Gasteiger partial charge in [-0.2, -0.15) is 0 Å². The van der Waals surface area contributed by atoms with E-state index < -0.39 is 29.1 Å². The Labute approximate surface area is 217 Å². The number of nitrogens with one attached hydrogen (secondary N) is 2. The van der Waals surface area contributed by atoms with E-state index in [-0.39, 0.29) is 24.9 Å². The smallest absolute Gasteiger partial charge is 0.407 e. The first kappa shape index (κ1) is 27.5. The van der Waals surface area contributed by atoms with E-state index in [1.807, 2.05) is 60.7 Å². The topological polar surface area (TPSA) is 110 Å². The number of hydrogen-bond acceptors (Lipinski definition) is 5. The lowest BCUT2D eigenvalue weighted by atomic mass is 9.86. The van der Waals surface area contributed by atoms with E-state index in [1.165, 1.54) is 4.57 Å². The fourth-order valence-electron chi connectivity index (χ4n) is 4.22. The number of aryl methyl sites for hydroxylation is 1. The molecule has 3 rings (SSSR count). The maximum atomic E-state index is 13.5. The number of ether oxygens (including phenoxy) is 1. The van der Waals surface area contributed by atoms with Crippen LogP contribution in [0.2, 0.25) is 0 Å². The van der Waals surface area contributed by atoms with Gasteiger partial charge in [0.15, 0.2) is 0 Å². The molecule has 2 aromatic carbocycles. The third-order valence-corrected chi connectivity index (χ3v) is 6.02. The second-order valence-electron chi connectivity index (χ2n) is 10.1. The number of nitrogens with zero attached hydrogens (tertiary/aromatic N) is 1. The molecule has 0 unspecified atom stereocenters. The number of rotatable bonds is 10. The summed E-state index contributed by atoms with van der Waals surface area (Å²) in [7, 11) is 0. The largest absolute Gasteiger partial charge is 0.480 e. The molecule has 2 atom stereocenters.